The highest BCUT2D eigenvalue weighted by molar-refractivity contribution is 6.20. The zero-order valence-corrected chi connectivity index (χ0v) is 13.3. The first-order valence-corrected chi connectivity index (χ1v) is 8.35. The lowest BCUT2D eigenvalue weighted by atomic mass is 9.59. The molecule has 1 aromatic carbocycles. The van der Waals surface area contributed by atoms with Crippen molar-refractivity contribution >= 4 is 17.8 Å². The summed E-state index contributed by atoms with van der Waals surface area (Å²) in [7, 11) is 0. The van der Waals surface area contributed by atoms with Gasteiger partial charge in [-0.05, 0) is 49.4 Å². The lowest BCUT2D eigenvalue weighted by Crippen LogP contribution is -2.50. The van der Waals surface area contributed by atoms with Crippen molar-refractivity contribution in [3.63, 3.8) is 0 Å². The molecule has 0 spiro atoms. The predicted octanol–water partition coefficient (Wildman–Crippen LogP) is 2.70. The molecule has 6 heteroatoms. The van der Waals surface area contributed by atoms with Crippen molar-refractivity contribution in [2.45, 2.75) is 24.7 Å². The van der Waals surface area contributed by atoms with Crippen LogP contribution in [0, 0.1) is 11.8 Å². The van der Waals surface area contributed by atoms with Gasteiger partial charge in [0, 0.05) is 5.41 Å². The van der Waals surface area contributed by atoms with Crippen LogP contribution in [-0.2, 0) is 15.0 Å². The summed E-state index contributed by atoms with van der Waals surface area (Å²) in [5.41, 5.74) is 0.166. The topological polar surface area (TPSA) is 76.8 Å². The maximum Gasteiger partial charge on any atom is 0.337 e. The number of hydrogen-bond donors (Lipinski definition) is 0. The zero-order valence-electron chi connectivity index (χ0n) is 13.3. The van der Waals surface area contributed by atoms with Crippen LogP contribution in [0.15, 0.2) is 47.1 Å². The van der Waals surface area contributed by atoms with Crippen molar-refractivity contribution in [1.82, 2.24) is 5.06 Å². The lowest BCUT2D eigenvalue weighted by molar-refractivity contribution is -0.183. The van der Waals surface area contributed by atoms with E-state index in [2.05, 4.69) is 0 Å². The minimum absolute atomic E-state index is 0.216. The van der Waals surface area contributed by atoms with E-state index >= 15 is 0 Å². The quantitative estimate of drug-likeness (QED) is 0.805. The van der Waals surface area contributed by atoms with Gasteiger partial charge < -0.3 is 9.25 Å². The molecule has 2 amide bonds. The van der Waals surface area contributed by atoms with Gasteiger partial charge in [0.2, 0.25) is 0 Å². The Labute approximate surface area is 143 Å². The molecule has 2 bridgehead atoms. The summed E-state index contributed by atoms with van der Waals surface area (Å²) >= 11 is 0. The second-order valence-electron chi connectivity index (χ2n) is 6.97. The molecule has 6 nitrogen and oxygen atoms in total. The molecule has 3 fully saturated rings. The number of nitrogens with zero attached hydrogens (tertiary/aromatic N) is 1. The molecular formula is C19H15NO5. The van der Waals surface area contributed by atoms with E-state index in [4.69, 9.17) is 9.25 Å². The largest absolute Gasteiger partial charge is 0.469 e. The highest BCUT2D eigenvalue weighted by atomic mass is 16.7. The highest BCUT2D eigenvalue weighted by Gasteiger charge is 2.65. The second kappa shape index (κ2) is 4.81. The van der Waals surface area contributed by atoms with Gasteiger partial charge in [-0.25, -0.2) is 4.79 Å². The number of imide groups is 1. The Morgan fingerprint density at radius 1 is 1.12 bits per heavy atom. The number of carbonyl (C=O) groups is 3. The molecule has 0 radical (unpaired) electrons. The summed E-state index contributed by atoms with van der Waals surface area (Å²) in [6.07, 6.45) is 4.25. The van der Waals surface area contributed by atoms with Gasteiger partial charge in [-0.3, -0.25) is 9.59 Å². The predicted molar refractivity (Wildman–Crippen MR) is 84.3 cm³/mol. The summed E-state index contributed by atoms with van der Waals surface area (Å²) in [4.78, 5) is 42.8. The maximum atomic E-state index is 12.8. The molecule has 25 heavy (non-hydrogen) atoms. The summed E-state index contributed by atoms with van der Waals surface area (Å²) in [6, 6.07) is 10.1. The van der Waals surface area contributed by atoms with E-state index in [-0.39, 0.29) is 28.4 Å². The van der Waals surface area contributed by atoms with E-state index in [1.165, 1.54) is 0 Å². The van der Waals surface area contributed by atoms with Gasteiger partial charge in [-0.2, -0.15) is 0 Å². The van der Waals surface area contributed by atoms with Crippen LogP contribution in [0.25, 0.3) is 0 Å². The first-order valence-electron chi connectivity index (χ1n) is 8.35. The van der Waals surface area contributed by atoms with Crippen LogP contribution in [0.2, 0.25) is 0 Å². The Hall–Kier alpha value is -2.89. The van der Waals surface area contributed by atoms with Gasteiger partial charge in [0.05, 0.1) is 23.3 Å². The van der Waals surface area contributed by atoms with E-state index in [1.807, 2.05) is 12.1 Å². The van der Waals surface area contributed by atoms with Crippen LogP contribution in [0.4, 0.5) is 0 Å². The van der Waals surface area contributed by atoms with E-state index in [1.54, 1.807) is 30.5 Å². The SMILES string of the molecule is O=C(ON1C(=O)c2ccccc2C1=O)[C@H]1[C@H]2CC[C@]1(c1ccco1)C2. The molecule has 0 saturated heterocycles. The molecule has 6 rings (SSSR count). The number of benzene rings is 1. The van der Waals surface area contributed by atoms with E-state index < -0.39 is 17.8 Å². The Morgan fingerprint density at radius 3 is 2.44 bits per heavy atom. The van der Waals surface area contributed by atoms with Crippen molar-refractivity contribution in [1.29, 1.82) is 0 Å². The normalized spacial score (nSPS) is 29.5. The summed E-state index contributed by atoms with van der Waals surface area (Å²) in [5.74, 6) is -1.08. The number of fused-ring (bicyclic) bond motifs is 2. The van der Waals surface area contributed by atoms with E-state index in [0.717, 1.165) is 25.0 Å². The van der Waals surface area contributed by atoms with Crippen LogP contribution < -0.4 is 0 Å². The highest BCUT2D eigenvalue weighted by Crippen LogP contribution is 2.64. The zero-order chi connectivity index (χ0) is 17.2. The van der Waals surface area contributed by atoms with Crippen LogP contribution in [-0.4, -0.2) is 22.8 Å². The van der Waals surface area contributed by atoms with E-state index in [0.29, 0.717) is 5.06 Å². The third-order valence-electron chi connectivity index (χ3n) is 5.86. The van der Waals surface area contributed by atoms with Crippen molar-refractivity contribution in [3.05, 3.63) is 59.5 Å². The standard InChI is InChI=1S/C19H15NO5/c21-16-12-4-1-2-5-13(12)17(22)20(16)25-18(23)15-11-7-8-19(15,10-11)14-6-3-9-24-14/h1-6,9,11,15H,7-8,10H2/t11-,15+,19+/m0/s1. The van der Waals surface area contributed by atoms with Crippen LogP contribution in [0.5, 0.6) is 0 Å². The molecule has 2 heterocycles. The van der Waals surface area contributed by atoms with Crippen molar-refractivity contribution in [3.8, 4) is 0 Å². The Morgan fingerprint density at radius 2 is 1.84 bits per heavy atom. The summed E-state index contributed by atoms with van der Waals surface area (Å²) < 4.78 is 5.55. The van der Waals surface area contributed by atoms with Crippen molar-refractivity contribution in [2.75, 3.05) is 0 Å². The van der Waals surface area contributed by atoms with Crippen LogP contribution >= 0.6 is 0 Å². The fourth-order valence-corrected chi connectivity index (χ4v) is 4.73. The average Bonchev–Trinajstić information content (AvgIpc) is 3.35. The average molecular weight is 337 g/mol. The second-order valence-corrected chi connectivity index (χ2v) is 6.97. The molecule has 0 N–H and O–H groups in total. The van der Waals surface area contributed by atoms with Gasteiger partial charge in [-0.15, -0.1) is 0 Å². The molecule has 1 aromatic heterocycles. The van der Waals surface area contributed by atoms with Gasteiger partial charge in [0.25, 0.3) is 11.8 Å². The first kappa shape index (κ1) is 14.5. The van der Waals surface area contributed by atoms with E-state index in [9.17, 15) is 14.4 Å². The van der Waals surface area contributed by atoms with Crippen LogP contribution in [0.1, 0.15) is 45.7 Å². The van der Waals surface area contributed by atoms with Gasteiger partial charge in [0.1, 0.15) is 5.76 Å². The molecule has 1 aliphatic heterocycles. The fourth-order valence-electron chi connectivity index (χ4n) is 4.73. The van der Waals surface area contributed by atoms with Gasteiger partial charge in [-0.1, -0.05) is 17.2 Å². The number of amides is 2. The number of hydrogen-bond acceptors (Lipinski definition) is 5. The third kappa shape index (κ3) is 1.76. The fraction of sp³-hybridized carbons (Fsp3) is 0.316. The maximum absolute atomic E-state index is 12.8. The molecule has 3 saturated carbocycles. The Balaban J connectivity index is 1.40. The number of hydroxylamine groups is 2. The molecule has 126 valence electrons. The first-order chi connectivity index (χ1) is 12.1. The van der Waals surface area contributed by atoms with Gasteiger partial charge in [0.15, 0.2) is 0 Å². The van der Waals surface area contributed by atoms with Gasteiger partial charge >= 0.3 is 5.97 Å². The minimum atomic E-state index is -0.590. The Bertz CT molecular complexity index is 863. The Kier molecular flexibility index (Phi) is 2.78. The number of rotatable bonds is 3. The monoisotopic (exact) mass is 337 g/mol. The molecule has 4 aliphatic rings. The lowest BCUT2D eigenvalue weighted by Gasteiger charge is -2.44. The molecular weight excluding hydrogens is 322 g/mol. The van der Waals surface area contributed by atoms with Crippen molar-refractivity contribution < 1.29 is 23.6 Å². The smallest absolute Gasteiger partial charge is 0.337 e. The van der Waals surface area contributed by atoms with Crippen molar-refractivity contribution in [2.24, 2.45) is 11.8 Å². The molecule has 3 atom stereocenters. The molecule has 2 aromatic rings. The number of carbonyl (C=O) groups excluding carboxylic acids is 3. The molecule has 0 unspecified atom stereocenters. The van der Waals surface area contributed by atoms with Crippen LogP contribution in [0.3, 0.4) is 0 Å². The minimum Gasteiger partial charge on any atom is -0.469 e. The molecule has 3 aliphatic carbocycles. The summed E-state index contributed by atoms with van der Waals surface area (Å²) in [6.45, 7) is 0. The third-order valence-corrected chi connectivity index (χ3v) is 5.86. The summed E-state index contributed by atoms with van der Waals surface area (Å²) in [5, 5.41) is 0.598. The number of furan rings is 1.